The number of nitrogens with one attached hydrogen (secondary N) is 2. The number of amidine groups is 1. The summed E-state index contributed by atoms with van der Waals surface area (Å²) in [6, 6.07) is 19.8. The molecule has 3 rings (SSSR count). The van der Waals surface area contributed by atoms with Crippen molar-refractivity contribution in [3.8, 4) is 0 Å². The first-order valence-electron chi connectivity index (χ1n) is 8.57. The Balaban J connectivity index is 1.43. The number of hydrogen-bond donors (Lipinski definition) is 2. The molecular formula is C20H21N3O2S. The number of amides is 2. The molecule has 0 aromatic heterocycles. The Bertz CT molecular complexity index is 778. The average molecular weight is 367 g/mol. The molecule has 1 unspecified atom stereocenters. The number of nitrogens with zero attached hydrogens (tertiary/aromatic N) is 1. The quantitative estimate of drug-likeness (QED) is 0.790. The predicted octanol–water partition coefficient (Wildman–Crippen LogP) is 2.52. The van der Waals surface area contributed by atoms with Gasteiger partial charge in [0.2, 0.25) is 11.8 Å². The van der Waals surface area contributed by atoms with E-state index in [2.05, 4.69) is 27.8 Å². The van der Waals surface area contributed by atoms with E-state index in [1.165, 1.54) is 17.3 Å². The Labute approximate surface area is 157 Å². The van der Waals surface area contributed by atoms with E-state index in [0.29, 0.717) is 18.3 Å². The van der Waals surface area contributed by atoms with Gasteiger partial charge >= 0.3 is 0 Å². The van der Waals surface area contributed by atoms with Gasteiger partial charge in [-0.05, 0) is 17.5 Å². The summed E-state index contributed by atoms with van der Waals surface area (Å²) in [5.41, 5.74) is 2.25. The lowest BCUT2D eigenvalue weighted by atomic mass is 10.2. The fourth-order valence-electron chi connectivity index (χ4n) is 2.58. The van der Waals surface area contributed by atoms with E-state index in [9.17, 15) is 9.59 Å². The van der Waals surface area contributed by atoms with Crippen molar-refractivity contribution in [3.63, 3.8) is 0 Å². The van der Waals surface area contributed by atoms with E-state index in [-0.39, 0.29) is 18.2 Å². The standard InChI is InChI=1S/C20H21N3O2S/c24-18(22-14-16-9-5-2-6-10-16)13-17-19(25)23-20(26-17)21-12-11-15-7-3-1-4-8-15/h1-10,17H,11-14H2,(H,22,24)(H,21,23,25). The zero-order chi connectivity index (χ0) is 18.2. The lowest BCUT2D eigenvalue weighted by Gasteiger charge is -2.07. The minimum atomic E-state index is -0.416. The molecule has 1 aliphatic heterocycles. The average Bonchev–Trinajstić information content (AvgIpc) is 3.01. The van der Waals surface area contributed by atoms with Gasteiger partial charge in [-0.3, -0.25) is 14.6 Å². The monoisotopic (exact) mass is 367 g/mol. The SMILES string of the molecule is O=C(CC1SC(=NCCc2ccccc2)NC1=O)NCc1ccccc1. The van der Waals surface area contributed by atoms with Crippen LogP contribution in [0.15, 0.2) is 65.7 Å². The summed E-state index contributed by atoms with van der Waals surface area (Å²) in [6.07, 6.45) is 0.976. The van der Waals surface area contributed by atoms with Gasteiger partial charge in [-0.25, -0.2) is 0 Å². The number of rotatable bonds is 7. The van der Waals surface area contributed by atoms with Gasteiger partial charge in [-0.2, -0.15) is 0 Å². The third-order valence-electron chi connectivity index (χ3n) is 3.98. The van der Waals surface area contributed by atoms with Gasteiger partial charge in [0.25, 0.3) is 0 Å². The highest BCUT2D eigenvalue weighted by atomic mass is 32.2. The number of thioether (sulfide) groups is 1. The first kappa shape index (κ1) is 18.2. The van der Waals surface area contributed by atoms with E-state index < -0.39 is 5.25 Å². The maximum Gasteiger partial charge on any atom is 0.240 e. The molecule has 1 fully saturated rings. The van der Waals surface area contributed by atoms with Crippen LogP contribution in [0.1, 0.15) is 17.5 Å². The summed E-state index contributed by atoms with van der Waals surface area (Å²) < 4.78 is 0. The number of benzene rings is 2. The van der Waals surface area contributed by atoms with E-state index in [1.807, 2.05) is 48.5 Å². The van der Waals surface area contributed by atoms with Gasteiger partial charge in [0.15, 0.2) is 5.17 Å². The van der Waals surface area contributed by atoms with Crippen molar-refractivity contribution in [1.29, 1.82) is 0 Å². The van der Waals surface area contributed by atoms with Crippen molar-refractivity contribution in [2.45, 2.75) is 24.6 Å². The Kier molecular flexibility index (Phi) is 6.44. The molecule has 1 saturated heterocycles. The molecule has 26 heavy (non-hydrogen) atoms. The van der Waals surface area contributed by atoms with Crippen molar-refractivity contribution in [2.75, 3.05) is 6.54 Å². The molecule has 2 amide bonds. The van der Waals surface area contributed by atoms with Gasteiger partial charge in [-0.1, -0.05) is 72.4 Å². The molecule has 0 bridgehead atoms. The molecule has 0 spiro atoms. The summed E-state index contributed by atoms with van der Waals surface area (Å²) in [5, 5.41) is 5.81. The molecule has 1 atom stereocenters. The fourth-order valence-corrected chi connectivity index (χ4v) is 3.58. The van der Waals surface area contributed by atoms with Gasteiger partial charge in [0.05, 0.1) is 0 Å². The van der Waals surface area contributed by atoms with Crippen LogP contribution in [0, 0.1) is 0 Å². The minimum absolute atomic E-state index is 0.132. The van der Waals surface area contributed by atoms with E-state index in [4.69, 9.17) is 0 Å². The topological polar surface area (TPSA) is 70.6 Å². The van der Waals surface area contributed by atoms with E-state index in [0.717, 1.165) is 12.0 Å². The van der Waals surface area contributed by atoms with Gasteiger partial charge in [-0.15, -0.1) is 0 Å². The molecule has 2 aromatic rings. The van der Waals surface area contributed by atoms with Crippen LogP contribution in [0.3, 0.4) is 0 Å². The molecule has 2 aromatic carbocycles. The van der Waals surface area contributed by atoms with Crippen LogP contribution in [0.2, 0.25) is 0 Å². The predicted molar refractivity (Wildman–Crippen MR) is 105 cm³/mol. The zero-order valence-electron chi connectivity index (χ0n) is 14.4. The minimum Gasteiger partial charge on any atom is -0.352 e. The van der Waals surface area contributed by atoms with Gasteiger partial charge in [0.1, 0.15) is 5.25 Å². The van der Waals surface area contributed by atoms with Crippen molar-refractivity contribution in [1.82, 2.24) is 10.6 Å². The largest absolute Gasteiger partial charge is 0.352 e. The smallest absolute Gasteiger partial charge is 0.240 e. The summed E-state index contributed by atoms with van der Waals surface area (Å²) >= 11 is 1.33. The highest BCUT2D eigenvalue weighted by molar-refractivity contribution is 8.15. The molecule has 134 valence electrons. The number of carbonyl (C=O) groups excluding carboxylic acids is 2. The van der Waals surface area contributed by atoms with Gasteiger partial charge < -0.3 is 10.6 Å². The second-order valence-electron chi connectivity index (χ2n) is 5.98. The molecule has 0 radical (unpaired) electrons. The molecule has 5 nitrogen and oxygen atoms in total. The van der Waals surface area contributed by atoms with Crippen LogP contribution in [0.5, 0.6) is 0 Å². The Hall–Kier alpha value is -2.60. The van der Waals surface area contributed by atoms with E-state index in [1.54, 1.807) is 0 Å². The molecule has 6 heteroatoms. The summed E-state index contributed by atoms with van der Waals surface area (Å²) in [4.78, 5) is 28.6. The van der Waals surface area contributed by atoms with Crippen LogP contribution in [-0.2, 0) is 22.6 Å². The number of aliphatic imine (C=N–C) groups is 1. The van der Waals surface area contributed by atoms with Crippen LogP contribution in [-0.4, -0.2) is 28.8 Å². The maximum atomic E-state index is 12.1. The number of carbonyl (C=O) groups is 2. The summed E-state index contributed by atoms with van der Waals surface area (Å²) in [5.74, 6) is -0.282. The second kappa shape index (κ2) is 9.20. The molecule has 1 aliphatic rings. The summed E-state index contributed by atoms with van der Waals surface area (Å²) in [6.45, 7) is 1.08. The molecule has 0 aliphatic carbocycles. The zero-order valence-corrected chi connectivity index (χ0v) is 15.2. The highest BCUT2D eigenvalue weighted by Gasteiger charge is 2.31. The van der Waals surface area contributed by atoms with Crippen molar-refractivity contribution in [2.24, 2.45) is 4.99 Å². The van der Waals surface area contributed by atoms with Crippen molar-refractivity contribution in [3.05, 3.63) is 71.8 Å². The Morgan fingerprint density at radius 1 is 1.04 bits per heavy atom. The Morgan fingerprint density at radius 2 is 1.69 bits per heavy atom. The second-order valence-corrected chi connectivity index (χ2v) is 7.18. The van der Waals surface area contributed by atoms with Crippen LogP contribution in [0.25, 0.3) is 0 Å². The van der Waals surface area contributed by atoms with Gasteiger partial charge in [0, 0.05) is 19.5 Å². The first-order valence-corrected chi connectivity index (χ1v) is 9.45. The van der Waals surface area contributed by atoms with Crippen molar-refractivity contribution < 1.29 is 9.59 Å². The summed E-state index contributed by atoms with van der Waals surface area (Å²) in [7, 11) is 0. The molecule has 2 N–H and O–H groups in total. The Morgan fingerprint density at radius 3 is 2.38 bits per heavy atom. The fraction of sp³-hybridized carbons (Fsp3) is 0.250. The third-order valence-corrected chi connectivity index (χ3v) is 5.10. The van der Waals surface area contributed by atoms with Crippen LogP contribution in [0.4, 0.5) is 0 Å². The first-order chi connectivity index (χ1) is 12.7. The van der Waals surface area contributed by atoms with E-state index >= 15 is 0 Å². The lowest BCUT2D eigenvalue weighted by Crippen LogP contribution is -2.31. The van der Waals surface area contributed by atoms with Crippen LogP contribution >= 0.6 is 11.8 Å². The van der Waals surface area contributed by atoms with Crippen molar-refractivity contribution >= 4 is 28.7 Å². The molecule has 1 heterocycles. The van der Waals surface area contributed by atoms with Crippen LogP contribution < -0.4 is 10.6 Å². The molecule has 0 saturated carbocycles. The third kappa shape index (κ3) is 5.46. The lowest BCUT2D eigenvalue weighted by molar-refractivity contribution is -0.125. The number of hydrogen-bond acceptors (Lipinski definition) is 4. The normalized spacial score (nSPS) is 17.9. The molecular weight excluding hydrogens is 346 g/mol. The maximum absolute atomic E-state index is 12.1. The highest BCUT2D eigenvalue weighted by Crippen LogP contribution is 2.22.